The van der Waals surface area contributed by atoms with Crippen LogP contribution in [0.5, 0.6) is 5.75 Å². The topological polar surface area (TPSA) is 126 Å². The van der Waals surface area contributed by atoms with Gasteiger partial charge < -0.3 is 18.0 Å². The van der Waals surface area contributed by atoms with Crippen molar-refractivity contribution in [2.75, 3.05) is 0 Å². The summed E-state index contributed by atoms with van der Waals surface area (Å²) >= 11 is 0. The molecule has 10 heteroatoms. The molecular formula is C102H62N6O4. The van der Waals surface area contributed by atoms with Gasteiger partial charge in [-0.25, -0.2) is 29.9 Å². The molecule has 10 nitrogen and oxygen atoms in total. The molecule has 2 unspecified atom stereocenters. The summed E-state index contributed by atoms with van der Waals surface area (Å²) in [5, 5.41) is 6.19. The Morgan fingerprint density at radius 3 is 1.38 bits per heavy atom. The van der Waals surface area contributed by atoms with Crippen molar-refractivity contribution in [3.8, 4) is 141 Å². The average Bonchev–Trinajstić information content (AvgIpc) is 1.58. The number of allylic oxidation sites excluding steroid dienone is 2. The number of hydrogen-bond donors (Lipinski definition) is 0. The second kappa shape index (κ2) is 26.4. The summed E-state index contributed by atoms with van der Waals surface area (Å²) in [6.45, 7) is 0. The highest BCUT2D eigenvalue weighted by Gasteiger charge is 2.39. The van der Waals surface area contributed by atoms with E-state index in [0.29, 0.717) is 40.5 Å². The Kier molecular flexibility index (Phi) is 15.2. The molecule has 20 aromatic rings. The molecule has 2 atom stereocenters. The summed E-state index contributed by atoms with van der Waals surface area (Å²) in [5.74, 6) is 4.15. The van der Waals surface area contributed by atoms with Crippen LogP contribution >= 0.6 is 0 Å². The largest absolute Gasteiger partial charge is 0.484 e. The molecule has 0 saturated carbocycles. The van der Waals surface area contributed by atoms with Gasteiger partial charge in [0.1, 0.15) is 45.4 Å². The van der Waals surface area contributed by atoms with E-state index in [-0.39, 0.29) is 12.0 Å². The molecule has 524 valence electrons. The number of para-hydroxylation sites is 3. The van der Waals surface area contributed by atoms with E-state index in [1.165, 1.54) is 5.56 Å². The number of hydrogen-bond acceptors (Lipinski definition) is 10. The van der Waals surface area contributed by atoms with Gasteiger partial charge in [0.25, 0.3) is 0 Å². The Bertz CT molecular complexity index is 7150. The minimum absolute atomic E-state index is 0.0729. The van der Waals surface area contributed by atoms with Gasteiger partial charge in [0.2, 0.25) is 0 Å². The van der Waals surface area contributed by atoms with Gasteiger partial charge in [-0.2, -0.15) is 0 Å². The van der Waals surface area contributed by atoms with Crippen LogP contribution in [0.15, 0.2) is 377 Å². The molecule has 2 aliphatic rings. The SMILES string of the molecule is C1=CC2c3ccc(-c4cc(-c5ccc(-c6ccccc6)cc5)c5oc6ccccc6c5c4)cc3OC2C(c2nc(-c3ccccc3)nc(-c3cccc(-c4ccccc4-c4ccc(-c5cc(-c6ccc7c(c6)oc6c(-c8nc(-c9ccccc9)nc(-c9ccccc9)n8)cccc67)cc6oc7ccccc7c56)cc4)c3)n2)=C1. The van der Waals surface area contributed by atoms with Crippen LogP contribution in [0, 0.1) is 0 Å². The zero-order valence-corrected chi connectivity index (χ0v) is 60.1. The van der Waals surface area contributed by atoms with Crippen molar-refractivity contribution in [2.24, 2.45) is 0 Å². The van der Waals surface area contributed by atoms with Crippen molar-refractivity contribution in [1.29, 1.82) is 0 Å². The molecule has 15 aromatic carbocycles. The number of furan rings is 3. The van der Waals surface area contributed by atoms with Crippen molar-refractivity contribution in [2.45, 2.75) is 12.0 Å². The molecule has 0 spiro atoms. The van der Waals surface area contributed by atoms with E-state index in [0.717, 1.165) is 177 Å². The van der Waals surface area contributed by atoms with E-state index in [1.807, 2.05) is 121 Å². The maximum atomic E-state index is 7.17. The lowest BCUT2D eigenvalue weighted by atomic mass is 9.86. The van der Waals surface area contributed by atoms with Gasteiger partial charge in [0.15, 0.2) is 34.9 Å². The molecule has 0 radical (unpaired) electrons. The second-order valence-corrected chi connectivity index (χ2v) is 28.7. The quantitative estimate of drug-likeness (QED) is 0.110. The molecule has 112 heavy (non-hydrogen) atoms. The minimum atomic E-state index is -0.388. The third-order valence-corrected chi connectivity index (χ3v) is 22.0. The van der Waals surface area contributed by atoms with Crippen molar-refractivity contribution in [3.05, 3.63) is 375 Å². The van der Waals surface area contributed by atoms with E-state index in [1.54, 1.807) is 0 Å². The Morgan fingerprint density at radius 1 is 0.232 bits per heavy atom. The van der Waals surface area contributed by atoms with E-state index in [9.17, 15) is 0 Å². The normalized spacial score (nSPS) is 13.8. The number of aromatic nitrogens is 6. The molecule has 0 fully saturated rings. The predicted molar refractivity (Wildman–Crippen MR) is 451 cm³/mol. The first-order valence-electron chi connectivity index (χ1n) is 37.7. The fourth-order valence-electron chi connectivity index (χ4n) is 16.5. The number of nitrogens with zero attached hydrogens (tertiary/aromatic N) is 6. The molecule has 1 aliphatic heterocycles. The standard InChI is InChI=1S/C102H62N6O4/c1-5-22-61(23-6-1)62-42-44-65(45-43-62)86-56-73(57-87-77-34-15-17-40-88(77)110-96(86)87)69-50-52-78-80-37-21-39-84(95(80)111-90(78)58-69)102-107-99(68-28-11-4-12-29-68)104-100(108-102)72-31-19-30-71(54-72)76-33-14-13-32-75(76)63-46-48-64(49-47-63)85-55-74(60-92-93(85)82-35-16-18-41-89(82)109-92)70-51-53-79-81-36-20-38-83(94(81)112-91(79)59-70)101-105-97(66-24-7-2-8-25-66)103-98(106-101)67-26-9-3-10-27-67/h1-60,80,95H. The predicted octanol–water partition coefficient (Wildman–Crippen LogP) is 26.3. The first kappa shape index (κ1) is 64.2. The monoisotopic (exact) mass is 1430 g/mol. The van der Waals surface area contributed by atoms with Gasteiger partial charge in [-0.05, 0) is 139 Å². The lowest BCUT2D eigenvalue weighted by Crippen LogP contribution is -2.23. The van der Waals surface area contributed by atoms with Crippen molar-refractivity contribution in [1.82, 2.24) is 29.9 Å². The first-order chi connectivity index (χ1) is 55.4. The summed E-state index contributed by atoms with van der Waals surface area (Å²) in [5.41, 5.74) is 26.0. The molecule has 0 saturated heterocycles. The van der Waals surface area contributed by atoms with Crippen LogP contribution in [0.1, 0.15) is 17.3 Å². The van der Waals surface area contributed by atoms with E-state index >= 15 is 0 Å². The average molecular weight is 1440 g/mol. The lowest BCUT2D eigenvalue weighted by Gasteiger charge is -2.22. The summed E-state index contributed by atoms with van der Waals surface area (Å²) < 4.78 is 27.5. The van der Waals surface area contributed by atoms with Crippen LogP contribution in [0.4, 0.5) is 0 Å². The van der Waals surface area contributed by atoms with E-state index < -0.39 is 0 Å². The Balaban J connectivity index is 0.578. The fourth-order valence-corrected chi connectivity index (χ4v) is 16.5. The number of fused-ring (bicyclic) bond motifs is 12. The highest BCUT2D eigenvalue weighted by molar-refractivity contribution is 6.15. The molecule has 0 amide bonds. The smallest absolute Gasteiger partial charge is 0.167 e. The Morgan fingerprint density at radius 2 is 0.679 bits per heavy atom. The highest BCUT2D eigenvalue weighted by atomic mass is 16.5. The second-order valence-electron chi connectivity index (χ2n) is 28.7. The summed E-state index contributed by atoms with van der Waals surface area (Å²) in [7, 11) is 0. The zero-order valence-electron chi connectivity index (χ0n) is 60.1. The third-order valence-electron chi connectivity index (χ3n) is 22.0. The van der Waals surface area contributed by atoms with Crippen molar-refractivity contribution >= 4 is 71.4 Å². The maximum absolute atomic E-state index is 7.17. The molecule has 22 rings (SSSR count). The van der Waals surface area contributed by atoms with Gasteiger partial charge in [0, 0.05) is 77.2 Å². The number of benzene rings is 15. The summed E-state index contributed by atoms with van der Waals surface area (Å²) in [4.78, 5) is 31.1. The van der Waals surface area contributed by atoms with Crippen LogP contribution in [0.25, 0.3) is 206 Å². The first-order valence-corrected chi connectivity index (χ1v) is 37.7. The number of rotatable bonds is 13. The third kappa shape index (κ3) is 11.2. The molecule has 5 aromatic heterocycles. The molecular weight excluding hydrogens is 1370 g/mol. The molecule has 6 heterocycles. The molecule has 0 bridgehead atoms. The van der Waals surface area contributed by atoms with Gasteiger partial charge >= 0.3 is 0 Å². The maximum Gasteiger partial charge on any atom is 0.167 e. The number of ether oxygens (including phenoxy) is 1. The molecule has 0 N–H and O–H groups in total. The summed E-state index contributed by atoms with van der Waals surface area (Å²) in [6.07, 6.45) is 6.06. The van der Waals surface area contributed by atoms with Gasteiger partial charge in [-0.15, -0.1) is 0 Å². The van der Waals surface area contributed by atoms with Gasteiger partial charge in [-0.3, -0.25) is 0 Å². The van der Waals surface area contributed by atoms with Crippen LogP contribution in [-0.2, 0) is 0 Å². The minimum Gasteiger partial charge on any atom is -0.484 e. The van der Waals surface area contributed by atoms with E-state index in [4.69, 9.17) is 47.9 Å². The fraction of sp³-hybridized carbons (Fsp3) is 0.0196. The van der Waals surface area contributed by atoms with Gasteiger partial charge in [0.05, 0.1) is 5.56 Å². The summed E-state index contributed by atoms with van der Waals surface area (Å²) in [6, 6.07) is 120. The lowest BCUT2D eigenvalue weighted by molar-refractivity contribution is 0.277. The van der Waals surface area contributed by atoms with Crippen LogP contribution in [-0.4, -0.2) is 36.0 Å². The van der Waals surface area contributed by atoms with Crippen LogP contribution in [0.2, 0.25) is 0 Å². The van der Waals surface area contributed by atoms with E-state index in [2.05, 4.69) is 243 Å². The van der Waals surface area contributed by atoms with Crippen molar-refractivity contribution < 1.29 is 18.0 Å². The van der Waals surface area contributed by atoms with Gasteiger partial charge in [-0.1, -0.05) is 297 Å². The van der Waals surface area contributed by atoms with Crippen LogP contribution < -0.4 is 4.74 Å². The van der Waals surface area contributed by atoms with Crippen molar-refractivity contribution in [3.63, 3.8) is 0 Å². The zero-order chi connectivity index (χ0) is 73.7. The van der Waals surface area contributed by atoms with Crippen LogP contribution in [0.3, 0.4) is 0 Å². The Hall–Kier alpha value is -15.0. The molecule has 1 aliphatic carbocycles. The Labute approximate surface area is 643 Å². The highest BCUT2D eigenvalue weighted by Crippen LogP contribution is 2.50.